The van der Waals surface area contributed by atoms with E-state index in [1.807, 2.05) is 25.1 Å². The van der Waals surface area contributed by atoms with Gasteiger partial charge in [0.25, 0.3) is 0 Å². The summed E-state index contributed by atoms with van der Waals surface area (Å²) < 4.78 is 12.4. The molecule has 2 aromatic heterocycles. The number of nitrogens with one attached hydrogen (secondary N) is 2. The Bertz CT molecular complexity index is 1500. The van der Waals surface area contributed by atoms with Crippen LogP contribution in [0.25, 0.3) is 0 Å². The summed E-state index contributed by atoms with van der Waals surface area (Å²) in [6.07, 6.45) is 6.02. The fourth-order valence-electron chi connectivity index (χ4n) is 5.15. The van der Waals surface area contributed by atoms with Crippen molar-refractivity contribution in [2.75, 3.05) is 30.0 Å². The number of fused-ring (bicyclic) bond motifs is 2. The molecule has 0 aliphatic carbocycles. The number of morpholine rings is 1. The molecule has 4 heterocycles. The maximum absolute atomic E-state index is 12.0. The first kappa shape index (κ1) is 23.2. The average Bonchev–Trinajstić information content (AvgIpc) is 2.91. The van der Waals surface area contributed by atoms with Crippen LogP contribution in [0.2, 0.25) is 0 Å². The fourth-order valence-corrected chi connectivity index (χ4v) is 5.15. The van der Waals surface area contributed by atoms with Crippen molar-refractivity contribution in [3.8, 4) is 11.5 Å². The Morgan fingerprint density at radius 2 is 2.05 bits per heavy atom. The topological polar surface area (TPSA) is 92.4 Å². The minimum atomic E-state index is -0.115. The van der Waals surface area contributed by atoms with Gasteiger partial charge in [-0.25, -0.2) is 0 Å². The Labute approximate surface area is 215 Å². The summed E-state index contributed by atoms with van der Waals surface area (Å²) in [7, 11) is 0. The van der Waals surface area contributed by atoms with E-state index in [2.05, 4.69) is 56.4 Å². The lowest BCUT2D eigenvalue weighted by atomic mass is 9.94. The highest BCUT2D eigenvalue weighted by atomic mass is 16.5. The lowest BCUT2D eigenvalue weighted by Crippen LogP contribution is -2.40. The molecule has 2 aromatic carbocycles. The molecule has 2 atom stereocenters. The van der Waals surface area contributed by atoms with Crippen LogP contribution in [0.5, 0.6) is 11.5 Å². The van der Waals surface area contributed by atoms with E-state index in [-0.39, 0.29) is 17.6 Å². The molecule has 8 nitrogen and oxygen atoms in total. The minimum absolute atomic E-state index is 0.0244. The smallest absolute Gasteiger partial charge is 0.249 e. The SMILES string of the molecule is Cc1cncc(C(C)Nc2ccc3c(c2)Cc2cccc(C4COCCN4c4cc[nH]c(=O)c4)c2O3)n1. The summed E-state index contributed by atoms with van der Waals surface area (Å²) in [4.78, 5) is 25.8. The zero-order valence-corrected chi connectivity index (χ0v) is 20.9. The maximum Gasteiger partial charge on any atom is 0.249 e. The number of aryl methyl sites for hydroxylation is 1. The number of anilines is 2. The molecular weight excluding hydrogens is 466 g/mol. The molecule has 0 spiro atoms. The van der Waals surface area contributed by atoms with E-state index >= 15 is 0 Å². The van der Waals surface area contributed by atoms with Gasteiger partial charge in [0.15, 0.2) is 0 Å². The Morgan fingerprint density at radius 3 is 2.92 bits per heavy atom. The van der Waals surface area contributed by atoms with Crippen LogP contribution in [-0.2, 0) is 11.2 Å². The van der Waals surface area contributed by atoms with Crippen LogP contribution in [0.3, 0.4) is 0 Å². The quantitative estimate of drug-likeness (QED) is 0.358. The number of benzene rings is 2. The summed E-state index contributed by atoms with van der Waals surface area (Å²) in [6.45, 7) is 5.88. The molecule has 0 radical (unpaired) electrons. The summed E-state index contributed by atoms with van der Waals surface area (Å²) in [5.74, 6) is 1.73. The monoisotopic (exact) mass is 495 g/mol. The molecule has 2 aliphatic heterocycles. The van der Waals surface area contributed by atoms with Gasteiger partial charge >= 0.3 is 0 Å². The number of hydrogen-bond acceptors (Lipinski definition) is 7. The normalized spacial score (nSPS) is 17.4. The van der Waals surface area contributed by atoms with E-state index in [4.69, 9.17) is 9.47 Å². The Kier molecular flexibility index (Phi) is 6.10. The number of aromatic amines is 1. The first-order chi connectivity index (χ1) is 18.0. The zero-order valence-electron chi connectivity index (χ0n) is 20.9. The number of para-hydroxylation sites is 1. The van der Waals surface area contributed by atoms with E-state index in [1.54, 1.807) is 24.7 Å². The number of rotatable bonds is 5. The molecule has 1 saturated heterocycles. The van der Waals surface area contributed by atoms with Crippen LogP contribution in [0.15, 0.2) is 71.9 Å². The molecule has 2 unspecified atom stereocenters. The summed E-state index contributed by atoms with van der Waals surface area (Å²) in [6, 6.07) is 16.1. The number of aromatic nitrogens is 3. The van der Waals surface area contributed by atoms with Gasteiger partial charge in [-0.05, 0) is 43.7 Å². The molecule has 1 fully saturated rings. The van der Waals surface area contributed by atoms with Crippen LogP contribution >= 0.6 is 0 Å². The first-order valence-corrected chi connectivity index (χ1v) is 12.6. The lowest BCUT2D eigenvalue weighted by molar-refractivity contribution is 0.0934. The Hall–Kier alpha value is -4.17. The Balaban J connectivity index is 1.27. The predicted octanol–water partition coefficient (Wildman–Crippen LogP) is 4.92. The standard InChI is InChI=1S/C29H29N5O3/c1-18-15-30-16-25(32-18)19(2)33-22-6-7-27-21(13-22)12-20-4-3-5-24(29(20)37-27)26-17-36-11-10-34(26)23-8-9-31-28(35)14-23/h3-9,13-16,19,26,33H,10-12,17H2,1-2H3,(H,31,35). The second-order valence-corrected chi connectivity index (χ2v) is 9.58. The number of nitrogens with zero attached hydrogens (tertiary/aromatic N) is 3. The Morgan fingerprint density at radius 1 is 1.14 bits per heavy atom. The average molecular weight is 496 g/mol. The van der Waals surface area contributed by atoms with Crippen molar-refractivity contribution in [3.63, 3.8) is 0 Å². The van der Waals surface area contributed by atoms with Gasteiger partial charge in [0.05, 0.1) is 42.9 Å². The van der Waals surface area contributed by atoms with Crippen molar-refractivity contribution in [2.45, 2.75) is 32.4 Å². The van der Waals surface area contributed by atoms with Crippen molar-refractivity contribution in [2.24, 2.45) is 0 Å². The maximum atomic E-state index is 12.0. The van der Waals surface area contributed by atoms with Gasteiger partial charge in [-0.1, -0.05) is 18.2 Å². The molecule has 188 valence electrons. The van der Waals surface area contributed by atoms with Gasteiger partial charge in [-0.3, -0.25) is 14.8 Å². The fraction of sp³-hybridized carbons (Fsp3) is 0.276. The van der Waals surface area contributed by atoms with Crippen molar-refractivity contribution in [1.82, 2.24) is 15.0 Å². The highest BCUT2D eigenvalue weighted by Crippen LogP contribution is 2.44. The van der Waals surface area contributed by atoms with Gasteiger partial charge in [0.2, 0.25) is 5.56 Å². The zero-order chi connectivity index (χ0) is 25.4. The van der Waals surface area contributed by atoms with Gasteiger partial charge in [-0.2, -0.15) is 0 Å². The summed E-state index contributed by atoms with van der Waals surface area (Å²) >= 11 is 0. The number of ether oxygens (including phenoxy) is 2. The van der Waals surface area contributed by atoms with E-state index in [0.717, 1.165) is 57.4 Å². The highest BCUT2D eigenvalue weighted by Gasteiger charge is 2.30. The van der Waals surface area contributed by atoms with Gasteiger partial charge in [-0.15, -0.1) is 0 Å². The molecular formula is C29H29N5O3. The molecule has 8 heteroatoms. The van der Waals surface area contributed by atoms with Crippen LogP contribution < -0.4 is 20.5 Å². The molecule has 0 bridgehead atoms. The second-order valence-electron chi connectivity index (χ2n) is 9.58. The number of H-pyrrole nitrogens is 1. The second kappa shape index (κ2) is 9.71. The third kappa shape index (κ3) is 4.68. The van der Waals surface area contributed by atoms with Gasteiger partial charge < -0.3 is 24.7 Å². The van der Waals surface area contributed by atoms with Crippen molar-refractivity contribution in [3.05, 3.63) is 106 Å². The first-order valence-electron chi connectivity index (χ1n) is 12.6. The van der Waals surface area contributed by atoms with Crippen molar-refractivity contribution >= 4 is 11.4 Å². The largest absolute Gasteiger partial charge is 0.456 e. The molecule has 2 N–H and O–H groups in total. The van der Waals surface area contributed by atoms with Crippen molar-refractivity contribution < 1.29 is 9.47 Å². The van der Waals surface area contributed by atoms with Gasteiger partial charge in [0.1, 0.15) is 11.5 Å². The highest BCUT2D eigenvalue weighted by molar-refractivity contribution is 5.60. The molecule has 2 aliphatic rings. The number of hydrogen-bond donors (Lipinski definition) is 2. The molecule has 6 rings (SSSR count). The predicted molar refractivity (Wildman–Crippen MR) is 143 cm³/mol. The molecule has 0 amide bonds. The van der Waals surface area contributed by atoms with Crippen LogP contribution in [0, 0.1) is 6.92 Å². The van der Waals surface area contributed by atoms with E-state index < -0.39 is 0 Å². The van der Waals surface area contributed by atoms with E-state index in [1.165, 1.54) is 0 Å². The van der Waals surface area contributed by atoms with Crippen LogP contribution in [0.4, 0.5) is 11.4 Å². The molecule has 37 heavy (non-hydrogen) atoms. The van der Waals surface area contributed by atoms with Gasteiger partial charge in [0, 0.05) is 53.9 Å². The molecule has 0 saturated carbocycles. The summed E-state index contributed by atoms with van der Waals surface area (Å²) in [5.41, 5.74) is 6.92. The van der Waals surface area contributed by atoms with E-state index in [9.17, 15) is 4.79 Å². The van der Waals surface area contributed by atoms with Crippen LogP contribution in [0.1, 0.15) is 47.1 Å². The van der Waals surface area contributed by atoms with Crippen LogP contribution in [-0.4, -0.2) is 34.7 Å². The third-order valence-electron chi connectivity index (χ3n) is 6.96. The van der Waals surface area contributed by atoms with E-state index in [0.29, 0.717) is 19.8 Å². The minimum Gasteiger partial charge on any atom is -0.456 e. The lowest BCUT2D eigenvalue weighted by Gasteiger charge is -2.38. The summed E-state index contributed by atoms with van der Waals surface area (Å²) in [5, 5.41) is 3.54. The number of pyridine rings is 1. The molecule has 4 aromatic rings. The van der Waals surface area contributed by atoms with Crippen molar-refractivity contribution in [1.29, 1.82) is 0 Å². The third-order valence-corrected chi connectivity index (χ3v) is 6.96.